The molecule has 0 unspecified atom stereocenters. The van der Waals surface area contributed by atoms with Crippen molar-refractivity contribution in [2.75, 3.05) is 45.2 Å². The van der Waals surface area contributed by atoms with Gasteiger partial charge in [0.1, 0.15) is 0 Å². The minimum atomic E-state index is -0.400. The van der Waals surface area contributed by atoms with Crippen LogP contribution in [-0.2, 0) is 20.7 Å². The highest BCUT2D eigenvalue weighted by atomic mass is 16.5. The van der Waals surface area contributed by atoms with E-state index in [2.05, 4.69) is 21.9 Å². The lowest BCUT2D eigenvalue weighted by Crippen LogP contribution is -2.48. The first-order valence-electron chi connectivity index (χ1n) is 10.7. The predicted molar refractivity (Wildman–Crippen MR) is 124 cm³/mol. The largest absolute Gasteiger partial charge is 0.465 e. The van der Waals surface area contributed by atoms with Gasteiger partial charge in [0, 0.05) is 37.9 Å². The van der Waals surface area contributed by atoms with E-state index in [1.807, 2.05) is 17.0 Å². The van der Waals surface area contributed by atoms with E-state index in [0.717, 1.165) is 43.9 Å². The number of rotatable bonds is 7. The summed E-state index contributed by atoms with van der Waals surface area (Å²) >= 11 is 0. The Morgan fingerprint density at radius 1 is 0.969 bits per heavy atom. The zero-order valence-corrected chi connectivity index (χ0v) is 18.5. The van der Waals surface area contributed by atoms with Crippen molar-refractivity contribution in [1.82, 2.24) is 9.80 Å². The van der Waals surface area contributed by atoms with Gasteiger partial charge < -0.3 is 19.9 Å². The molecular formula is C25H29N3O4. The number of carbonyl (C=O) groups is 3. The number of hydrogen-bond acceptors (Lipinski definition) is 5. The van der Waals surface area contributed by atoms with Crippen molar-refractivity contribution in [1.29, 1.82) is 0 Å². The monoisotopic (exact) mass is 435 g/mol. The molecule has 1 aliphatic rings. The third-order valence-corrected chi connectivity index (χ3v) is 5.51. The average Bonchev–Trinajstić information content (AvgIpc) is 2.83. The molecule has 2 aromatic carbocycles. The summed E-state index contributed by atoms with van der Waals surface area (Å²) in [5.74, 6) is -0.527. The van der Waals surface area contributed by atoms with Crippen molar-refractivity contribution in [2.24, 2.45) is 0 Å². The lowest BCUT2D eigenvalue weighted by Gasteiger charge is -2.34. The van der Waals surface area contributed by atoms with Crippen molar-refractivity contribution in [3.63, 3.8) is 0 Å². The summed E-state index contributed by atoms with van der Waals surface area (Å²) < 4.78 is 4.67. The molecule has 2 amide bonds. The van der Waals surface area contributed by atoms with E-state index in [9.17, 15) is 14.4 Å². The Labute approximate surface area is 188 Å². The Bertz CT molecular complexity index is 960. The van der Waals surface area contributed by atoms with E-state index in [-0.39, 0.29) is 11.8 Å². The van der Waals surface area contributed by atoms with E-state index in [4.69, 9.17) is 0 Å². The van der Waals surface area contributed by atoms with Crippen LogP contribution < -0.4 is 5.32 Å². The maximum atomic E-state index is 12.5. The summed E-state index contributed by atoms with van der Waals surface area (Å²) in [6.07, 6.45) is 3.46. The number of nitrogens with one attached hydrogen (secondary N) is 1. The first kappa shape index (κ1) is 23.2. The van der Waals surface area contributed by atoms with Crippen molar-refractivity contribution in [3.05, 3.63) is 71.3 Å². The van der Waals surface area contributed by atoms with E-state index >= 15 is 0 Å². The smallest absolute Gasteiger partial charge is 0.337 e. The Morgan fingerprint density at radius 2 is 1.62 bits per heavy atom. The molecule has 32 heavy (non-hydrogen) atoms. The fourth-order valence-electron chi connectivity index (χ4n) is 3.51. The molecule has 0 aromatic heterocycles. The van der Waals surface area contributed by atoms with Crippen molar-refractivity contribution in [2.45, 2.75) is 13.3 Å². The third-order valence-electron chi connectivity index (χ3n) is 5.51. The van der Waals surface area contributed by atoms with Gasteiger partial charge in [-0.1, -0.05) is 31.2 Å². The highest BCUT2D eigenvalue weighted by molar-refractivity contribution is 6.02. The zero-order valence-electron chi connectivity index (χ0n) is 18.5. The molecule has 1 saturated heterocycles. The van der Waals surface area contributed by atoms with Gasteiger partial charge >= 0.3 is 5.97 Å². The molecule has 7 heteroatoms. The normalized spacial score (nSPS) is 14.4. The lowest BCUT2D eigenvalue weighted by molar-refractivity contribution is -0.132. The number of carbonyl (C=O) groups excluding carboxylic acids is 3. The number of benzene rings is 2. The first-order chi connectivity index (χ1) is 15.5. The van der Waals surface area contributed by atoms with Crippen molar-refractivity contribution in [3.8, 4) is 0 Å². The number of ether oxygens (including phenoxy) is 1. The topological polar surface area (TPSA) is 79.0 Å². The second-order valence-corrected chi connectivity index (χ2v) is 7.62. The van der Waals surface area contributed by atoms with Crippen LogP contribution in [0.3, 0.4) is 0 Å². The van der Waals surface area contributed by atoms with Gasteiger partial charge in [0.05, 0.1) is 19.1 Å². The van der Waals surface area contributed by atoms with Gasteiger partial charge in [-0.05, 0) is 48.0 Å². The molecule has 0 saturated carbocycles. The second-order valence-electron chi connectivity index (χ2n) is 7.62. The SMILES string of the molecule is CCN1CCN(C(=O)Cc2ccc(NC(=O)C=Cc3ccc(C(=O)OC)cc3)cc2)CC1. The molecule has 0 atom stereocenters. The quantitative estimate of drug-likeness (QED) is 0.535. The highest BCUT2D eigenvalue weighted by Crippen LogP contribution is 2.13. The maximum Gasteiger partial charge on any atom is 0.337 e. The molecule has 1 heterocycles. The molecule has 1 N–H and O–H groups in total. The van der Waals surface area contributed by atoms with Gasteiger partial charge in [0.15, 0.2) is 0 Å². The van der Waals surface area contributed by atoms with E-state index in [1.165, 1.54) is 13.2 Å². The number of methoxy groups -OCH3 is 1. The van der Waals surface area contributed by atoms with Gasteiger partial charge in [-0.2, -0.15) is 0 Å². The van der Waals surface area contributed by atoms with E-state index in [0.29, 0.717) is 17.7 Å². The Hall–Kier alpha value is -3.45. The highest BCUT2D eigenvalue weighted by Gasteiger charge is 2.20. The zero-order chi connectivity index (χ0) is 22.9. The summed E-state index contributed by atoms with van der Waals surface area (Å²) in [6.45, 7) is 6.56. The van der Waals surface area contributed by atoms with Crippen LogP contribution in [0.5, 0.6) is 0 Å². The van der Waals surface area contributed by atoms with Crippen molar-refractivity contribution < 1.29 is 19.1 Å². The average molecular weight is 436 g/mol. The lowest BCUT2D eigenvalue weighted by atomic mass is 10.1. The van der Waals surface area contributed by atoms with E-state index < -0.39 is 5.97 Å². The van der Waals surface area contributed by atoms with Crippen LogP contribution in [0.4, 0.5) is 5.69 Å². The molecule has 0 radical (unpaired) electrons. The van der Waals surface area contributed by atoms with Gasteiger partial charge in [-0.25, -0.2) is 4.79 Å². The van der Waals surface area contributed by atoms with Gasteiger partial charge in [-0.3, -0.25) is 9.59 Å². The minimum Gasteiger partial charge on any atom is -0.465 e. The summed E-state index contributed by atoms with van der Waals surface area (Å²) in [7, 11) is 1.33. The van der Waals surface area contributed by atoms with Crippen LogP contribution in [0.25, 0.3) is 6.08 Å². The van der Waals surface area contributed by atoms with Crippen LogP contribution in [0, 0.1) is 0 Å². The molecule has 2 aromatic rings. The fourth-order valence-corrected chi connectivity index (χ4v) is 3.51. The molecule has 0 aliphatic carbocycles. The Morgan fingerprint density at radius 3 is 2.22 bits per heavy atom. The second kappa shape index (κ2) is 11.2. The molecule has 1 fully saturated rings. The molecule has 0 bridgehead atoms. The number of piperazine rings is 1. The number of esters is 1. The Balaban J connectivity index is 1.48. The number of hydrogen-bond donors (Lipinski definition) is 1. The van der Waals surface area contributed by atoms with Crippen LogP contribution in [0.2, 0.25) is 0 Å². The molecular weight excluding hydrogens is 406 g/mol. The van der Waals surface area contributed by atoms with Gasteiger partial charge in [-0.15, -0.1) is 0 Å². The number of likely N-dealkylation sites (N-methyl/N-ethyl adjacent to an activating group) is 1. The summed E-state index contributed by atoms with van der Waals surface area (Å²) in [6, 6.07) is 14.1. The van der Waals surface area contributed by atoms with Crippen LogP contribution in [0.15, 0.2) is 54.6 Å². The number of amides is 2. The molecule has 3 rings (SSSR count). The predicted octanol–water partition coefficient (Wildman–Crippen LogP) is 2.83. The number of anilines is 1. The maximum absolute atomic E-state index is 12.5. The first-order valence-corrected chi connectivity index (χ1v) is 10.7. The Kier molecular flexibility index (Phi) is 8.16. The summed E-state index contributed by atoms with van der Waals surface area (Å²) in [5.41, 5.74) is 2.83. The van der Waals surface area contributed by atoms with E-state index in [1.54, 1.807) is 42.5 Å². The molecule has 7 nitrogen and oxygen atoms in total. The summed E-state index contributed by atoms with van der Waals surface area (Å²) in [5, 5.41) is 2.81. The third kappa shape index (κ3) is 6.52. The standard InChI is InChI=1S/C25H29N3O4/c1-3-27-14-16-28(17-15-27)24(30)18-20-6-11-22(12-7-20)26-23(29)13-8-19-4-9-21(10-5-19)25(31)32-2/h4-13H,3,14-18H2,1-2H3,(H,26,29). The summed E-state index contributed by atoms with van der Waals surface area (Å²) in [4.78, 5) is 40.4. The fraction of sp³-hybridized carbons (Fsp3) is 0.320. The van der Waals surface area contributed by atoms with Crippen LogP contribution in [0.1, 0.15) is 28.4 Å². The number of nitrogens with zero attached hydrogens (tertiary/aromatic N) is 2. The molecule has 0 spiro atoms. The molecule has 168 valence electrons. The van der Waals surface area contributed by atoms with Crippen LogP contribution in [-0.4, -0.2) is 67.4 Å². The minimum absolute atomic E-state index is 0.138. The molecule has 1 aliphatic heterocycles. The van der Waals surface area contributed by atoms with Gasteiger partial charge in [0.2, 0.25) is 11.8 Å². The van der Waals surface area contributed by atoms with Crippen molar-refractivity contribution >= 4 is 29.5 Å². The van der Waals surface area contributed by atoms with Crippen LogP contribution >= 0.6 is 0 Å². The van der Waals surface area contributed by atoms with Gasteiger partial charge in [0.25, 0.3) is 0 Å².